The largest absolute Gasteiger partial charge is 0.481 e. The van der Waals surface area contributed by atoms with E-state index in [0.29, 0.717) is 12.8 Å². The summed E-state index contributed by atoms with van der Waals surface area (Å²) in [6.07, 6.45) is 2.03. The molecule has 0 bridgehead atoms. The third-order valence-electron chi connectivity index (χ3n) is 3.25. The van der Waals surface area contributed by atoms with Gasteiger partial charge >= 0.3 is 12.0 Å². The highest BCUT2D eigenvalue weighted by Crippen LogP contribution is 2.40. The molecule has 0 aromatic carbocycles. The number of carbonyl (C=O) groups is 3. The summed E-state index contributed by atoms with van der Waals surface area (Å²) < 4.78 is 0. The van der Waals surface area contributed by atoms with Crippen molar-refractivity contribution in [3.8, 4) is 0 Å². The van der Waals surface area contributed by atoms with Gasteiger partial charge in [-0.25, -0.2) is 4.79 Å². The molecule has 0 atom stereocenters. The van der Waals surface area contributed by atoms with Crippen LogP contribution in [0, 0.1) is 5.41 Å². The number of hydrogen-bond acceptors (Lipinski definition) is 3. The molecule has 0 spiro atoms. The van der Waals surface area contributed by atoms with Crippen LogP contribution in [0.2, 0.25) is 0 Å². The van der Waals surface area contributed by atoms with E-state index in [1.165, 1.54) is 4.90 Å². The van der Waals surface area contributed by atoms with Gasteiger partial charge in [0, 0.05) is 20.6 Å². The number of carboxylic acid groups (broad SMARTS) is 1. The highest BCUT2D eigenvalue weighted by molar-refractivity contribution is 5.84. The number of aliphatic carboxylic acids is 1. The van der Waals surface area contributed by atoms with Crippen molar-refractivity contribution in [1.29, 1.82) is 0 Å². The van der Waals surface area contributed by atoms with Gasteiger partial charge < -0.3 is 20.6 Å². The second-order valence-electron chi connectivity index (χ2n) is 4.76. The minimum absolute atomic E-state index is 0.0983. The van der Waals surface area contributed by atoms with Gasteiger partial charge in [0.25, 0.3) is 0 Å². The lowest BCUT2D eigenvalue weighted by molar-refractivity contribution is -0.153. The molecule has 1 fully saturated rings. The summed E-state index contributed by atoms with van der Waals surface area (Å²) in [6.45, 7) is 0.00320. The first-order valence-electron chi connectivity index (χ1n) is 5.83. The number of nitrogens with zero attached hydrogens (tertiary/aromatic N) is 1. The van der Waals surface area contributed by atoms with E-state index in [0.717, 1.165) is 6.42 Å². The van der Waals surface area contributed by atoms with Crippen LogP contribution in [0.25, 0.3) is 0 Å². The normalized spacial score (nSPS) is 16.3. The fraction of sp³-hybridized carbons (Fsp3) is 0.727. The van der Waals surface area contributed by atoms with Gasteiger partial charge in [0.05, 0.1) is 12.0 Å². The molecule has 0 radical (unpaired) electrons. The molecule has 1 aliphatic rings. The van der Waals surface area contributed by atoms with Crippen LogP contribution in [-0.2, 0) is 9.59 Å². The molecular weight excluding hydrogens is 238 g/mol. The Kier molecular flexibility index (Phi) is 4.52. The molecule has 102 valence electrons. The van der Waals surface area contributed by atoms with Crippen LogP contribution in [0.5, 0.6) is 0 Å². The van der Waals surface area contributed by atoms with Crippen molar-refractivity contribution < 1.29 is 19.5 Å². The predicted octanol–water partition coefficient (Wildman–Crippen LogP) is -0.371. The molecule has 0 aliphatic heterocycles. The van der Waals surface area contributed by atoms with Crippen molar-refractivity contribution in [2.75, 3.05) is 27.2 Å². The van der Waals surface area contributed by atoms with Gasteiger partial charge in [0.2, 0.25) is 5.91 Å². The molecule has 3 N–H and O–H groups in total. The Bertz CT molecular complexity index is 350. The van der Waals surface area contributed by atoms with E-state index in [2.05, 4.69) is 10.6 Å². The number of rotatable bonds is 5. The van der Waals surface area contributed by atoms with Crippen molar-refractivity contribution in [2.24, 2.45) is 5.41 Å². The van der Waals surface area contributed by atoms with Gasteiger partial charge in [0.15, 0.2) is 0 Å². The molecule has 1 saturated carbocycles. The van der Waals surface area contributed by atoms with Crippen LogP contribution in [0.15, 0.2) is 0 Å². The van der Waals surface area contributed by atoms with Gasteiger partial charge in [-0.3, -0.25) is 9.59 Å². The quantitative estimate of drug-likeness (QED) is 0.625. The second kappa shape index (κ2) is 5.70. The molecule has 0 heterocycles. The molecule has 18 heavy (non-hydrogen) atoms. The van der Waals surface area contributed by atoms with Crippen LogP contribution >= 0.6 is 0 Å². The van der Waals surface area contributed by atoms with Crippen LogP contribution in [0.1, 0.15) is 19.3 Å². The average molecular weight is 257 g/mol. The fourth-order valence-electron chi connectivity index (χ4n) is 1.70. The van der Waals surface area contributed by atoms with Crippen LogP contribution in [0.3, 0.4) is 0 Å². The van der Waals surface area contributed by atoms with Crippen molar-refractivity contribution >= 4 is 17.9 Å². The van der Waals surface area contributed by atoms with Gasteiger partial charge in [-0.15, -0.1) is 0 Å². The molecule has 0 aromatic heterocycles. The van der Waals surface area contributed by atoms with Crippen LogP contribution < -0.4 is 10.6 Å². The average Bonchev–Trinajstić information content (AvgIpc) is 2.23. The Balaban J connectivity index is 2.29. The van der Waals surface area contributed by atoms with Crippen molar-refractivity contribution in [3.63, 3.8) is 0 Å². The molecule has 0 aromatic rings. The lowest BCUT2D eigenvalue weighted by Gasteiger charge is -2.37. The topological polar surface area (TPSA) is 98.7 Å². The minimum Gasteiger partial charge on any atom is -0.481 e. The fourth-order valence-corrected chi connectivity index (χ4v) is 1.70. The van der Waals surface area contributed by atoms with E-state index in [-0.39, 0.29) is 19.0 Å². The van der Waals surface area contributed by atoms with Crippen LogP contribution in [-0.4, -0.2) is 55.1 Å². The predicted molar refractivity (Wildman–Crippen MR) is 64.0 cm³/mol. The van der Waals surface area contributed by atoms with Crippen LogP contribution in [0.4, 0.5) is 4.79 Å². The zero-order chi connectivity index (χ0) is 13.8. The molecule has 7 heteroatoms. The summed E-state index contributed by atoms with van der Waals surface area (Å²) in [7, 11) is 3.19. The summed E-state index contributed by atoms with van der Waals surface area (Å²) in [4.78, 5) is 35.0. The molecule has 0 unspecified atom stereocenters. The van der Waals surface area contributed by atoms with Crippen molar-refractivity contribution in [1.82, 2.24) is 15.5 Å². The van der Waals surface area contributed by atoms with Crippen molar-refractivity contribution in [2.45, 2.75) is 19.3 Å². The number of likely N-dealkylation sites (N-methyl/N-ethyl adjacent to an activating group) is 1. The number of carbonyl (C=O) groups excluding carboxylic acids is 2. The summed E-state index contributed by atoms with van der Waals surface area (Å²) >= 11 is 0. The minimum atomic E-state index is -0.876. The number of amides is 3. The maximum atomic E-state index is 11.4. The number of nitrogens with one attached hydrogen (secondary N) is 2. The number of hydrogen-bond donors (Lipinski definition) is 3. The first-order valence-corrected chi connectivity index (χ1v) is 5.83. The SMILES string of the molecule is CN(C)C(=O)CNC(=O)NCC1(C(=O)O)CCC1. The molecule has 3 amide bonds. The zero-order valence-electron chi connectivity index (χ0n) is 10.7. The number of carboxylic acids is 1. The monoisotopic (exact) mass is 257 g/mol. The first kappa shape index (κ1) is 14.3. The lowest BCUT2D eigenvalue weighted by atomic mass is 9.69. The molecule has 7 nitrogen and oxygen atoms in total. The third kappa shape index (κ3) is 3.35. The van der Waals surface area contributed by atoms with Gasteiger partial charge in [-0.1, -0.05) is 6.42 Å². The molecular formula is C11H19N3O4. The van der Waals surface area contributed by atoms with Gasteiger partial charge in [-0.2, -0.15) is 0 Å². The summed E-state index contributed by atoms with van der Waals surface area (Å²) in [5.74, 6) is -1.10. The molecule has 1 rings (SSSR count). The zero-order valence-corrected chi connectivity index (χ0v) is 10.7. The summed E-state index contributed by atoms with van der Waals surface area (Å²) in [5, 5.41) is 13.9. The standard InChI is InChI=1S/C11H19N3O4/c1-14(2)8(15)6-12-10(18)13-7-11(9(16)17)4-3-5-11/h3-7H2,1-2H3,(H,16,17)(H2,12,13,18). The molecule has 0 saturated heterocycles. The Morgan fingerprint density at radius 2 is 1.83 bits per heavy atom. The highest BCUT2D eigenvalue weighted by Gasteiger charge is 2.44. The van der Waals surface area contributed by atoms with E-state index < -0.39 is 17.4 Å². The maximum absolute atomic E-state index is 11.4. The molecule has 1 aliphatic carbocycles. The summed E-state index contributed by atoms with van der Waals surface area (Å²) in [6, 6.07) is -0.516. The lowest BCUT2D eigenvalue weighted by Crippen LogP contribution is -2.50. The maximum Gasteiger partial charge on any atom is 0.315 e. The van der Waals surface area contributed by atoms with Crippen molar-refractivity contribution in [3.05, 3.63) is 0 Å². The van der Waals surface area contributed by atoms with Gasteiger partial charge in [0.1, 0.15) is 0 Å². The Morgan fingerprint density at radius 3 is 2.22 bits per heavy atom. The van der Waals surface area contributed by atoms with E-state index >= 15 is 0 Å². The Morgan fingerprint density at radius 1 is 1.22 bits per heavy atom. The van der Waals surface area contributed by atoms with E-state index in [9.17, 15) is 14.4 Å². The smallest absolute Gasteiger partial charge is 0.315 e. The van der Waals surface area contributed by atoms with Gasteiger partial charge in [-0.05, 0) is 12.8 Å². The second-order valence-corrected chi connectivity index (χ2v) is 4.76. The van der Waals surface area contributed by atoms with E-state index in [1.807, 2.05) is 0 Å². The summed E-state index contributed by atoms with van der Waals surface area (Å²) in [5.41, 5.74) is -0.817. The Labute approximate surface area is 106 Å². The third-order valence-corrected chi connectivity index (χ3v) is 3.25. The highest BCUT2D eigenvalue weighted by atomic mass is 16.4. The Hall–Kier alpha value is -1.79. The van der Waals surface area contributed by atoms with E-state index in [1.54, 1.807) is 14.1 Å². The van der Waals surface area contributed by atoms with E-state index in [4.69, 9.17) is 5.11 Å². The number of urea groups is 1. The first-order chi connectivity index (χ1) is 8.37.